The highest BCUT2D eigenvalue weighted by Crippen LogP contribution is 2.28. The maximum absolute atomic E-state index is 12.7. The molecule has 1 aromatic carbocycles. The lowest BCUT2D eigenvalue weighted by Gasteiger charge is -2.17. The molecule has 2 aromatic heterocycles. The minimum absolute atomic E-state index is 0.175. The predicted molar refractivity (Wildman–Crippen MR) is 106 cm³/mol. The highest BCUT2D eigenvalue weighted by atomic mass is 16.3. The SMILES string of the molecule is O=C(N[C@@H]1CC(Cn2ccnc2)C[C@H]1O)c1cccc(Nc2ccncc2)c1. The van der Waals surface area contributed by atoms with Gasteiger partial charge in [-0.2, -0.15) is 0 Å². The second kappa shape index (κ2) is 8.22. The number of hydrogen-bond acceptors (Lipinski definition) is 5. The van der Waals surface area contributed by atoms with Gasteiger partial charge in [0.05, 0.1) is 18.5 Å². The van der Waals surface area contributed by atoms with Crippen LogP contribution in [0.3, 0.4) is 0 Å². The van der Waals surface area contributed by atoms with E-state index in [0.717, 1.165) is 24.3 Å². The molecule has 4 rings (SSSR count). The maximum Gasteiger partial charge on any atom is 0.251 e. The molecule has 0 aliphatic heterocycles. The Labute approximate surface area is 163 Å². The van der Waals surface area contributed by atoms with E-state index in [0.29, 0.717) is 17.9 Å². The van der Waals surface area contributed by atoms with E-state index in [9.17, 15) is 9.90 Å². The molecule has 1 fully saturated rings. The summed E-state index contributed by atoms with van der Waals surface area (Å²) < 4.78 is 2.01. The number of aromatic nitrogens is 3. The van der Waals surface area contributed by atoms with Crippen LogP contribution in [0.1, 0.15) is 23.2 Å². The van der Waals surface area contributed by atoms with Crippen LogP contribution in [0.15, 0.2) is 67.5 Å². The summed E-state index contributed by atoms with van der Waals surface area (Å²) in [6, 6.07) is 10.8. The van der Waals surface area contributed by atoms with Gasteiger partial charge in [0.25, 0.3) is 5.91 Å². The van der Waals surface area contributed by atoms with Gasteiger partial charge in [-0.25, -0.2) is 4.98 Å². The van der Waals surface area contributed by atoms with Crippen molar-refractivity contribution in [3.63, 3.8) is 0 Å². The lowest BCUT2D eigenvalue weighted by atomic mass is 10.1. The van der Waals surface area contributed by atoms with E-state index in [1.807, 2.05) is 35.0 Å². The van der Waals surface area contributed by atoms with Crippen molar-refractivity contribution in [1.29, 1.82) is 0 Å². The molecule has 2 heterocycles. The van der Waals surface area contributed by atoms with Crippen molar-refractivity contribution >= 4 is 17.3 Å². The number of pyridine rings is 1. The molecule has 3 N–H and O–H groups in total. The van der Waals surface area contributed by atoms with E-state index in [-0.39, 0.29) is 11.9 Å². The smallest absolute Gasteiger partial charge is 0.251 e. The van der Waals surface area contributed by atoms with Crippen LogP contribution in [0.25, 0.3) is 0 Å². The number of aliphatic hydroxyl groups is 1. The second-order valence-electron chi connectivity index (χ2n) is 7.19. The number of carbonyl (C=O) groups is 1. The van der Waals surface area contributed by atoms with Crippen LogP contribution in [0.5, 0.6) is 0 Å². The van der Waals surface area contributed by atoms with E-state index >= 15 is 0 Å². The quantitative estimate of drug-likeness (QED) is 0.614. The number of rotatable bonds is 6. The van der Waals surface area contributed by atoms with Crippen LogP contribution in [-0.4, -0.2) is 37.7 Å². The highest BCUT2D eigenvalue weighted by molar-refractivity contribution is 5.95. The van der Waals surface area contributed by atoms with Gasteiger partial charge in [0.2, 0.25) is 0 Å². The molecule has 3 atom stereocenters. The zero-order valence-electron chi connectivity index (χ0n) is 15.4. The van der Waals surface area contributed by atoms with Crippen LogP contribution in [0.2, 0.25) is 0 Å². The topological polar surface area (TPSA) is 92.1 Å². The Morgan fingerprint density at radius 1 is 1.11 bits per heavy atom. The third-order valence-corrected chi connectivity index (χ3v) is 5.07. The summed E-state index contributed by atoms with van der Waals surface area (Å²) >= 11 is 0. The first kappa shape index (κ1) is 18.2. The van der Waals surface area contributed by atoms with E-state index < -0.39 is 6.10 Å². The third kappa shape index (κ3) is 4.37. The lowest BCUT2D eigenvalue weighted by molar-refractivity contribution is 0.0873. The van der Waals surface area contributed by atoms with Gasteiger partial charge < -0.3 is 20.3 Å². The molecule has 7 nitrogen and oxygen atoms in total. The number of nitrogens with zero attached hydrogens (tertiary/aromatic N) is 3. The molecular formula is C21H23N5O2. The zero-order chi connectivity index (χ0) is 19.3. The van der Waals surface area contributed by atoms with Crippen LogP contribution >= 0.6 is 0 Å². The maximum atomic E-state index is 12.7. The average Bonchev–Trinajstić information content (AvgIpc) is 3.33. The minimum Gasteiger partial charge on any atom is -0.391 e. The van der Waals surface area contributed by atoms with Gasteiger partial charge in [-0.3, -0.25) is 9.78 Å². The first-order valence-corrected chi connectivity index (χ1v) is 9.39. The van der Waals surface area contributed by atoms with Gasteiger partial charge in [0.15, 0.2) is 0 Å². The Balaban J connectivity index is 1.37. The highest BCUT2D eigenvalue weighted by Gasteiger charge is 2.34. The third-order valence-electron chi connectivity index (χ3n) is 5.07. The number of benzene rings is 1. The second-order valence-corrected chi connectivity index (χ2v) is 7.19. The van der Waals surface area contributed by atoms with Crippen molar-refractivity contribution in [2.24, 2.45) is 5.92 Å². The van der Waals surface area contributed by atoms with E-state index in [1.54, 1.807) is 37.1 Å². The molecule has 28 heavy (non-hydrogen) atoms. The first-order valence-electron chi connectivity index (χ1n) is 9.39. The van der Waals surface area contributed by atoms with E-state index in [4.69, 9.17) is 0 Å². The molecule has 0 saturated heterocycles. The molecule has 0 radical (unpaired) electrons. The van der Waals surface area contributed by atoms with E-state index in [1.165, 1.54) is 0 Å². The molecular weight excluding hydrogens is 354 g/mol. The molecule has 0 bridgehead atoms. The molecule has 144 valence electrons. The molecule has 1 aliphatic carbocycles. The van der Waals surface area contributed by atoms with Gasteiger partial charge in [-0.05, 0) is 49.1 Å². The van der Waals surface area contributed by atoms with Crippen LogP contribution in [0, 0.1) is 5.92 Å². The molecule has 7 heteroatoms. The van der Waals surface area contributed by atoms with Crippen molar-refractivity contribution in [2.45, 2.75) is 31.5 Å². The number of aliphatic hydroxyl groups excluding tert-OH is 1. The van der Waals surface area contributed by atoms with Crippen molar-refractivity contribution in [2.75, 3.05) is 5.32 Å². The standard InChI is InChI=1S/C21H23N5O2/c27-20-11-15(13-26-9-8-23-14-26)10-19(20)25-21(28)16-2-1-3-18(12-16)24-17-4-6-22-7-5-17/h1-9,12,14-15,19-20,27H,10-11,13H2,(H,22,24)(H,25,28)/t15?,19-,20-/m1/s1. The fraction of sp³-hybridized carbons (Fsp3) is 0.286. The van der Waals surface area contributed by atoms with Gasteiger partial charge >= 0.3 is 0 Å². The largest absolute Gasteiger partial charge is 0.391 e. The Morgan fingerprint density at radius 3 is 2.75 bits per heavy atom. The number of amides is 1. The number of imidazole rings is 1. The Hall–Kier alpha value is -3.19. The molecule has 1 amide bonds. The summed E-state index contributed by atoms with van der Waals surface area (Å²) in [5.74, 6) is 0.139. The fourth-order valence-electron chi connectivity index (χ4n) is 3.71. The van der Waals surface area contributed by atoms with Gasteiger partial charge in [0.1, 0.15) is 0 Å². The van der Waals surface area contributed by atoms with Crippen LogP contribution in [-0.2, 0) is 6.54 Å². The van der Waals surface area contributed by atoms with Crippen molar-refractivity contribution in [3.05, 3.63) is 73.1 Å². The Bertz CT molecular complexity index is 914. The Morgan fingerprint density at radius 2 is 1.96 bits per heavy atom. The van der Waals surface area contributed by atoms with Gasteiger partial charge in [0, 0.05) is 48.3 Å². The fourth-order valence-corrected chi connectivity index (χ4v) is 3.71. The van der Waals surface area contributed by atoms with Gasteiger partial charge in [-0.1, -0.05) is 6.07 Å². The monoisotopic (exact) mass is 377 g/mol. The summed E-state index contributed by atoms with van der Waals surface area (Å²) in [6.07, 6.45) is 9.75. The summed E-state index contributed by atoms with van der Waals surface area (Å²) in [4.78, 5) is 20.7. The summed E-state index contributed by atoms with van der Waals surface area (Å²) in [7, 11) is 0. The average molecular weight is 377 g/mol. The number of nitrogens with one attached hydrogen (secondary N) is 2. The van der Waals surface area contributed by atoms with Crippen molar-refractivity contribution < 1.29 is 9.90 Å². The van der Waals surface area contributed by atoms with Gasteiger partial charge in [-0.15, -0.1) is 0 Å². The summed E-state index contributed by atoms with van der Waals surface area (Å²) in [5, 5.41) is 16.6. The Kier molecular flexibility index (Phi) is 5.34. The number of hydrogen-bond donors (Lipinski definition) is 3. The lowest BCUT2D eigenvalue weighted by Crippen LogP contribution is -2.39. The van der Waals surface area contributed by atoms with Crippen molar-refractivity contribution in [3.8, 4) is 0 Å². The molecule has 1 aliphatic rings. The summed E-state index contributed by atoms with van der Waals surface area (Å²) in [6.45, 7) is 0.800. The van der Waals surface area contributed by atoms with Crippen LogP contribution < -0.4 is 10.6 Å². The predicted octanol–water partition coefficient (Wildman–Crippen LogP) is 2.59. The molecule has 3 aromatic rings. The van der Waals surface area contributed by atoms with Crippen molar-refractivity contribution in [1.82, 2.24) is 19.9 Å². The minimum atomic E-state index is -0.532. The van der Waals surface area contributed by atoms with E-state index in [2.05, 4.69) is 20.6 Å². The molecule has 0 spiro atoms. The van der Waals surface area contributed by atoms with Crippen LogP contribution in [0.4, 0.5) is 11.4 Å². The first-order chi connectivity index (χ1) is 13.7. The molecule has 1 saturated carbocycles. The number of anilines is 2. The molecule has 1 unspecified atom stereocenters. The number of carbonyl (C=O) groups excluding carboxylic acids is 1. The zero-order valence-corrected chi connectivity index (χ0v) is 15.4. The normalized spacial score (nSPS) is 21.4. The summed E-state index contributed by atoms with van der Waals surface area (Å²) in [5.41, 5.74) is 2.29.